The molecule has 2 N–H and O–H groups in total. The first-order valence-electron chi connectivity index (χ1n) is 10.5. The molecule has 0 bridgehead atoms. The number of hydrogen-bond acceptors (Lipinski definition) is 2. The molecule has 148 valence electrons. The summed E-state index contributed by atoms with van der Waals surface area (Å²) in [5.74, 6) is 1.01. The lowest BCUT2D eigenvalue weighted by Crippen LogP contribution is -2.40. The second-order valence-corrected chi connectivity index (χ2v) is 8.09. The van der Waals surface area contributed by atoms with Gasteiger partial charge in [-0.25, -0.2) is 0 Å². The van der Waals surface area contributed by atoms with Gasteiger partial charge in [-0.15, -0.1) is 0 Å². The molecule has 1 heterocycles. The molecule has 0 atom stereocenters. The standard InChI is InChI=1S/C22H34N4O/c1-3-4-14-24-20(27)19-9-7-18(8-10-19)16-25-21(23-2)26-15-13-22(17-26)11-5-6-12-22/h7-10H,3-6,11-17H2,1-2H3,(H,23,25)(H,24,27). The van der Waals surface area contributed by atoms with Crippen LogP contribution in [0.25, 0.3) is 0 Å². The highest BCUT2D eigenvalue weighted by Crippen LogP contribution is 2.45. The van der Waals surface area contributed by atoms with E-state index in [1.165, 1.54) is 32.1 Å². The van der Waals surface area contributed by atoms with Crippen molar-refractivity contribution in [1.82, 2.24) is 15.5 Å². The van der Waals surface area contributed by atoms with E-state index in [0.29, 0.717) is 5.41 Å². The summed E-state index contributed by atoms with van der Waals surface area (Å²) in [4.78, 5) is 19.0. The Morgan fingerprint density at radius 2 is 1.89 bits per heavy atom. The quantitative estimate of drug-likeness (QED) is 0.457. The average molecular weight is 371 g/mol. The zero-order chi connectivity index (χ0) is 19.1. The first-order chi connectivity index (χ1) is 13.2. The van der Waals surface area contributed by atoms with Crippen molar-refractivity contribution in [2.24, 2.45) is 10.4 Å². The van der Waals surface area contributed by atoms with Crippen molar-refractivity contribution in [2.45, 2.75) is 58.4 Å². The van der Waals surface area contributed by atoms with E-state index < -0.39 is 0 Å². The molecule has 3 rings (SSSR count). The van der Waals surface area contributed by atoms with Gasteiger partial charge in [0.1, 0.15) is 0 Å². The molecule has 0 radical (unpaired) electrons. The molecule has 1 spiro atoms. The van der Waals surface area contributed by atoms with Crippen LogP contribution in [0.4, 0.5) is 0 Å². The van der Waals surface area contributed by atoms with Crippen LogP contribution in [0.15, 0.2) is 29.3 Å². The molecule has 1 aromatic rings. The van der Waals surface area contributed by atoms with Gasteiger partial charge >= 0.3 is 0 Å². The number of guanidine groups is 1. The number of rotatable bonds is 6. The average Bonchev–Trinajstić information content (AvgIpc) is 3.33. The Balaban J connectivity index is 1.49. The SMILES string of the molecule is CCCCNC(=O)c1ccc(CNC(=NC)N2CCC3(CCCC3)C2)cc1. The van der Waals surface area contributed by atoms with Crippen LogP contribution in [-0.2, 0) is 6.54 Å². The highest BCUT2D eigenvalue weighted by molar-refractivity contribution is 5.94. The highest BCUT2D eigenvalue weighted by atomic mass is 16.1. The fourth-order valence-corrected chi connectivity index (χ4v) is 4.42. The molecule has 2 fully saturated rings. The van der Waals surface area contributed by atoms with Crippen molar-refractivity contribution in [3.05, 3.63) is 35.4 Å². The predicted molar refractivity (Wildman–Crippen MR) is 111 cm³/mol. The number of hydrogen-bond donors (Lipinski definition) is 2. The summed E-state index contributed by atoms with van der Waals surface area (Å²) in [7, 11) is 1.87. The van der Waals surface area contributed by atoms with Gasteiger partial charge in [-0.1, -0.05) is 38.3 Å². The number of unbranched alkanes of at least 4 members (excludes halogenated alkanes) is 1. The lowest BCUT2D eigenvalue weighted by atomic mass is 9.86. The maximum absolute atomic E-state index is 12.1. The van der Waals surface area contributed by atoms with Crippen LogP contribution in [0.1, 0.15) is 67.8 Å². The van der Waals surface area contributed by atoms with Crippen LogP contribution in [0.5, 0.6) is 0 Å². The van der Waals surface area contributed by atoms with Crippen LogP contribution >= 0.6 is 0 Å². The van der Waals surface area contributed by atoms with Crippen LogP contribution in [0, 0.1) is 5.41 Å². The van der Waals surface area contributed by atoms with Gasteiger partial charge in [0.25, 0.3) is 5.91 Å². The summed E-state index contributed by atoms with van der Waals surface area (Å²) in [5, 5.41) is 6.46. The molecular weight excluding hydrogens is 336 g/mol. The smallest absolute Gasteiger partial charge is 0.251 e. The Morgan fingerprint density at radius 1 is 1.15 bits per heavy atom. The van der Waals surface area contributed by atoms with Crippen molar-refractivity contribution in [3.8, 4) is 0 Å². The van der Waals surface area contributed by atoms with E-state index in [1.54, 1.807) is 0 Å². The second kappa shape index (κ2) is 9.25. The number of carbonyl (C=O) groups is 1. The second-order valence-electron chi connectivity index (χ2n) is 8.09. The monoisotopic (exact) mass is 370 g/mol. The van der Waals surface area contributed by atoms with Gasteiger partial charge in [-0.3, -0.25) is 9.79 Å². The summed E-state index contributed by atoms with van der Waals surface area (Å²) >= 11 is 0. The maximum atomic E-state index is 12.1. The van der Waals surface area contributed by atoms with Crippen molar-refractivity contribution >= 4 is 11.9 Å². The lowest BCUT2D eigenvalue weighted by Gasteiger charge is -2.26. The summed E-state index contributed by atoms with van der Waals surface area (Å²) in [6, 6.07) is 7.86. The van der Waals surface area contributed by atoms with Crippen LogP contribution in [-0.4, -0.2) is 43.4 Å². The maximum Gasteiger partial charge on any atom is 0.251 e. The van der Waals surface area contributed by atoms with Gasteiger partial charge in [0.2, 0.25) is 0 Å². The zero-order valence-electron chi connectivity index (χ0n) is 16.9. The molecule has 5 nitrogen and oxygen atoms in total. The molecule has 1 aliphatic carbocycles. The van der Waals surface area contributed by atoms with E-state index in [1.807, 2.05) is 31.3 Å². The third kappa shape index (κ3) is 5.02. The van der Waals surface area contributed by atoms with Crippen molar-refractivity contribution in [2.75, 3.05) is 26.7 Å². The van der Waals surface area contributed by atoms with Gasteiger partial charge in [0.15, 0.2) is 5.96 Å². The molecule has 1 saturated heterocycles. The van der Waals surface area contributed by atoms with E-state index in [9.17, 15) is 4.79 Å². The number of nitrogens with one attached hydrogen (secondary N) is 2. The zero-order valence-corrected chi connectivity index (χ0v) is 16.9. The van der Waals surface area contributed by atoms with Gasteiger partial charge in [-0.2, -0.15) is 0 Å². The Kier molecular flexibility index (Phi) is 6.75. The first kappa shape index (κ1) is 19.7. The number of likely N-dealkylation sites (tertiary alicyclic amines) is 1. The molecule has 5 heteroatoms. The number of aliphatic imine (C=N–C) groups is 1. The molecule has 1 amide bonds. The molecule has 0 unspecified atom stereocenters. The van der Waals surface area contributed by atoms with Gasteiger partial charge in [0, 0.05) is 38.8 Å². The Labute approximate surface area is 163 Å². The minimum Gasteiger partial charge on any atom is -0.352 e. The summed E-state index contributed by atoms with van der Waals surface area (Å²) in [5.41, 5.74) is 2.43. The Bertz CT molecular complexity index is 647. The summed E-state index contributed by atoms with van der Waals surface area (Å²) in [6.07, 6.45) is 8.94. The van der Waals surface area contributed by atoms with E-state index in [2.05, 4.69) is 27.4 Å². The summed E-state index contributed by atoms with van der Waals surface area (Å²) < 4.78 is 0. The first-order valence-corrected chi connectivity index (χ1v) is 10.5. The topological polar surface area (TPSA) is 56.7 Å². The van der Waals surface area contributed by atoms with E-state index in [0.717, 1.165) is 56.1 Å². The predicted octanol–water partition coefficient (Wildman–Crippen LogP) is 3.56. The fraction of sp³-hybridized carbons (Fsp3) is 0.636. The van der Waals surface area contributed by atoms with Crippen molar-refractivity contribution in [1.29, 1.82) is 0 Å². The molecule has 27 heavy (non-hydrogen) atoms. The molecule has 1 aliphatic heterocycles. The normalized spacial score (nSPS) is 18.9. The Hall–Kier alpha value is -2.04. The van der Waals surface area contributed by atoms with Gasteiger partial charge in [0.05, 0.1) is 0 Å². The van der Waals surface area contributed by atoms with Crippen LogP contribution in [0.3, 0.4) is 0 Å². The number of benzene rings is 1. The van der Waals surface area contributed by atoms with Gasteiger partial charge in [-0.05, 0) is 48.8 Å². The Morgan fingerprint density at radius 3 is 2.56 bits per heavy atom. The van der Waals surface area contributed by atoms with E-state index in [-0.39, 0.29) is 5.91 Å². The fourth-order valence-electron chi connectivity index (χ4n) is 4.42. The number of amides is 1. The lowest BCUT2D eigenvalue weighted by molar-refractivity contribution is 0.0953. The minimum absolute atomic E-state index is 0.0118. The minimum atomic E-state index is 0.0118. The highest BCUT2D eigenvalue weighted by Gasteiger charge is 2.41. The third-order valence-corrected chi connectivity index (χ3v) is 6.10. The van der Waals surface area contributed by atoms with Crippen LogP contribution in [0.2, 0.25) is 0 Å². The van der Waals surface area contributed by atoms with Gasteiger partial charge < -0.3 is 15.5 Å². The number of nitrogens with zero attached hydrogens (tertiary/aromatic N) is 2. The van der Waals surface area contributed by atoms with Crippen LogP contribution < -0.4 is 10.6 Å². The summed E-state index contributed by atoms with van der Waals surface area (Å²) in [6.45, 7) is 5.85. The largest absolute Gasteiger partial charge is 0.352 e. The molecular formula is C22H34N4O. The number of carbonyl (C=O) groups excluding carboxylic acids is 1. The van der Waals surface area contributed by atoms with E-state index >= 15 is 0 Å². The molecule has 1 aromatic carbocycles. The third-order valence-electron chi connectivity index (χ3n) is 6.10. The van der Waals surface area contributed by atoms with Crippen molar-refractivity contribution < 1.29 is 4.79 Å². The molecule has 0 aromatic heterocycles. The molecule has 1 saturated carbocycles. The van der Waals surface area contributed by atoms with Crippen molar-refractivity contribution in [3.63, 3.8) is 0 Å². The van der Waals surface area contributed by atoms with E-state index in [4.69, 9.17) is 0 Å². The molecule has 2 aliphatic rings.